The van der Waals surface area contributed by atoms with Crippen LogP contribution in [0.5, 0.6) is 0 Å². The zero-order valence-corrected chi connectivity index (χ0v) is 12.4. The fourth-order valence-electron chi connectivity index (χ4n) is 2.15. The second kappa shape index (κ2) is 5.52. The number of amides is 1. The number of nitrogens with zero attached hydrogens (tertiary/aromatic N) is 2. The molecular formula is C13H10ClF3N2O4. The van der Waals surface area contributed by atoms with Crippen molar-refractivity contribution in [3.05, 3.63) is 45.8 Å². The molecule has 1 unspecified atom stereocenters. The molecule has 1 heterocycles. The summed E-state index contributed by atoms with van der Waals surface area (Å²) in [5.41, 5.74) is -1.89. The summed E-state index contributed by atoms with van der Waals surface area (Å²) >= 11 is 5.69. The van der Waals surface area contributed by atoms with Crippen molar-refractivity contribution < 1.29 is 32.5 Å². The summed E-state index contributed by atoms with van der Waals surface area (Å²) in [5.74, 6) is -2.44. The SMILES string of the molecule is C[N+]1([O-])CN(c2ccc(Cl)c(C(=O)O)c2)C(=O)C=C1C(F)(F)F. The molecule has 0 aromatic heterocycles. The van der Waals surface area contributed by atoms with Gasteiger partial charge in [-0.2, -0.15) is 13.2 Å². The molecule has 1 atom stereocenters. The van der Waals surface area contributed by atoms with Gasteiger partial charge in [-0.15, -0.1) is 0 Å². The summed E-state index contributed by atoms with van der Waals surface area (Å²) in [4.78, 5) is 23.7. The Kier molecular flexibility index (Phi) is 4.14. The molecule has 1 aromatic carbocycles. The maximum Gasteiger partial charge on any atom is 0.467 e. The van der Waals surface area contributed by atoms with E-state index in [0.717, 1.165) is 18.0 Å². The van der Waals surface area contributed by atoms with Gasteiger partial charge in [0.15, 0.2) is 6.67 Å². The molecule has 23 heavy (non-hydrogen) atoms. The van der Waals surface area contributed by atoms with Crippen molar-refractivity contribution in [3.63, 3.8) is 0 Å². The van der Waals surface area contributed by atoms with E-state index in [1.165, 1.54) is 12.1 Å². The Morgan fingerprint density at radius 3 is 2.57 bits per heavy atom. The summed E-state index contributed by atoms with van der Waals surface area (Å²) < 4.78 is 36.6. The Morgan fingerprint density at radius 2 is 2.04 bits per heavy atom. The van der Waals surface area contributed by atoms with Gasteiger partial charge in [-0.3, -0.25) is 9.69 Å². The highest BCUT2D eigenvalue weighted by Crippen LogP contribution is 2.36. The van der Waals surface area contributed by atoms with Crippen molar-refractivity contribution in [2.45, 2.75) is 6.18 Å². The standard InChI is InChI=1S/C13H10ClF3N2O4/c1-19(23)6-18(11(20)5-10(19)13(15,16)17)7-2-3-9(14)8(4-7)12(21)22/h2-5H,6H2,1H3,(H,21,22). The molecule has 1 N–H and O–H groups in total. The number of benzene rings is 1. The topological polar surface area (TPSA) is 80.7 Å². The lowest BCUT2D eigenvalue weighted by Gasteiger charge is -2.45. The summed E-state index contributed by atoms with van der Waals surface area (Å²) in [6, 6.07) is 3.46. The van der Waals surface area contributed by atoms with Crippen LogP contribution in [0.3, 0.4) is 0 Å². The van der Waals surface area contributed by atoms with Crippen molar-refractivity contribution in [3.8, 4) is 0 Å². The van der Waals surface area contributed by atoms with Crippen LogP contribution < -0.4 is 4.90 Å². The number of allylic oxidation sites excluding steroid dienone is 1. The van der Waals surface area contributed by atoms with Crippen LogP contribution in [0.4, 0.5) is 18.9 Å². The summed E-state index contributed by atoms with van der Waals surface area (Å²) in [7, 11) is 0.757. The van der Waals surface area contributed by atoms with Crippen LogP contribution in [0, 0.1) is 5.21 Å². The minimum atomic E-state index is -4.94. The highest BCUT2D eigenvalue weighted by molar-refractivity contribution is 6.33. The van der Waals surface area contributed by atoms with Crippen LogP contribution in [0.2, 0.25) is 5.02 Å². The first-order valence-electron chi connectivity index (χ1n) is 6.14. The third-order valence-corrected chi connectivity index (χ3v) is 3.56. The summed E-state index contributed by atoms with van der Waals surface area (Å²) in [6.45, 7) is -0.842. The van der Waals surface area contributed by atoms with Gasteiger partial charge in [-0.25, -0.2) is 4.79 Å². The largest absolute Gasteiger partial charge is 0.626 e. The van der Waals surface area contributed by atoms with Gasteiger partial charge in [0.05, 0.1) is 29.4 Å². The number of carboxylic acids is 1. The minimum Gasteiger partial charge on any atom is -0.626 e. The van der Waals surface area contributed by atoms with Crippen LogP contribution in [-0.2, 0) is 4.79 Å². The molecule has 124 valence electrons. The summed E-state index contributed by atoms with van der Waals surface area (Å²) in [5, 5.41) is 21.0. The maximum absolute atomic E-state index is 12.8. The average molecular weight is 351 g/mol. The van der Waals surface area contributed by atoms with Crippen molar-refractivity contribution in [1.82, 2.24) is 0 Å². The number of carbonyl (C=O) groups excluding carboxylic acids is 1. The first-order chi connectivity index (χ1) is 10.4. The van der Waals surface area contributed by atoms with Gasteiger partial charge in [-0.1, -0.05) is 11.6 Å². The summed E-state index contributed by atoms with van der Waals surface area (Å²) in [6.07, 6.45) is -4.73. The number of carbonyl (C=O) groups is 2. The van der Waals surface area contributed by atoms with Gasteiger partial charge in [0.2, 0.25) is 5.70 Å². The van der Waals surface area contributed by atoms with Gasteiger partial charge in [0.25, 0.3) is 5.91 Å². The first kappa shape index (κ1) is 17.3. The van der Waals surface area contributed by atoms with Crippen molar-refractivity contribution in [2.75, 3.05) is 18.6 Å². The van der Waals surface area contributed by atoms with E-state index in [4.69, 9.17) is 16.7 Å². The molecule has 0 aliphatic carbocycles. The van der Waals surface area contributed by atoms with Crippen LogP contribution in [0.15, 0.2) is 30.0 Å². The molecule has 2 rings (SSSR count). The van der Waals surface area contributed by atoms with Crippen LogP contribution in [0.1, 0.15) is 10.4 Å². The van der Waals surface area contributed by atoms with E-state index in [1.54, 1.807) is 0 Å². The molecule has 1 amide bonds. The Morgan fingerprint density at radius 1 is 1.43 bits per heavy atom. The molecule has 1 aliphatic heterocycles. The molecule has 1 aliphatic rings. The number of hydrogen-bond donors (Lipinski definition) is 1. The number of halogens is 4. The Labute approximate surface area is 133 Å². The molecule has 0 saturated heterocycles. The number of hydroxylamine groups is 3. The van der Waals surface area contributed by atoms with E-state index in [0.29, 0.717) is 0 Å². The van der Waals surface area contributed by atoms with Crippen molar-refractivity contribution in [2.24, 2.45) is 0 Å². The number of carboxylic acid groups (broad SMARTS) is 1. The number of anilines is 1. The van der Waals surface area contributed by atoms with E-state index in [1.807, 2.05) is 0 Å². The second-order valence-corrected chi connectivity index (χ2v) is 5.41. The smallest absolute Gasteiger partial charge is 0.467 e. The number of quaternary nitrogens is 1. The molecule has 0 spiro atoms. The molecule has 10 heteroatoms. The van der Waals surface area contributed by atoms with Gasteiger partial charge < -0.3 is 15.0 Å². The third-order valence-electron chi connectivity index (χ3n) is 3.23. The van der Waals surface area contributed by atoms with Crippen molar-refractivity contribution in [1.29, 1.82) is 0 Å². The molecular weight excluding hydrogens is 341 g/mol. The highest BCUT2D eigenvalue weighted by Gasteiger charge is 2.48. The molecule has 1 aromatic rings. The van der Waals surface area contributed by atoms with Gasteiger partial charge in [0.1, 0.15) is 0 Å². The maximum atomic E-state index is 12.8. The monoisotopic (exact) mass is 350 g/mol. The fourth-order valence-corrected chi connectivity index (χ4v) is 2.35. The Hall–Kier alpha value is -2.10. The molecule has 0 radical (unpaired) electrons. The Bertz CT molecular complexity index is 716. The Balaban J connectivity index is 2.48. The van der Waals surface area contributed by atoms with Crippen LogP contribution in [0.25, 0.3) is 0 Å². The van der Waals surface area contributed by atoms with Crippen molar-refractivity contribution >= 4 is 29.2 Å². The third kappa shape index (κ3) is 3.31. The van der Waals surface area contributed by atoms with E-state index in [2.05, 4.69) is 0 Å². The van der Waals surface area contributed by atoms with E-state index >= 15 is 0 Å². The lowest BCUT2D eigenvalue weighted by Crippen LogP contribution is -2.55. The quantitative estimate of drug-likeness (QED) is 0.657. The predicted molar refractivity (Wildman–Crippen MR) is 74.5 cm³/mol. The van der Waals surface area contributed by atoms with E-state index in [-0.39, 0.29) is 22.3 Å². The van der Waals surface area contributed by atoms with E-state index in [9.17, 15) is 28.0 Å². The van der Waals surface area contributed by atoms with Crippen LogP contribution in [-0.4, -0.2) is 41.5 Å². The fraction of sp³-hybridized carbons (Fsp3) is 0.231. The zero-order valence-electron chi connectivity index (χ0n) is 11.6. The molecule has 0 bridgehead atoms. The second-order valence-electron chi connectivity index (χ2n) is 5.01. The number of hydrogen-bond acceptors (Lipinski definition) is 3. The molecule has 6 nitrogen and oxygen atoms in total. The lowest BCUT2D eigenvalue weighted by molar-refractivity contribution is -0.831. The van der Waals surface area contributed by atoms with E-state index < -0.39 is 35.1 Å². The zero-order chi connectivity index (χ0) is 17.6. The normalized spacial score (nSPS) is 22.1. The lowest BCUT2D eigenvalue weighted by atomic mass is 10.1. The molecule has 0 fully saturated rings. The van der Waals surface area contributed by atoms with Crippen LogP contribution >= 0.6 is 11.6 Å². The number of aromatic carboxylic acids is 1. The number of rotatable bonds is 2. The van der Waals surface area contributed by atoms with Gasteiger partial charge in [-0.05, 0) is 18.2 Å². The first-order valence-corrected chi connectivity index (χ1v) is 6.51. The molecule has 0 saturated carbocycles. The van der Waals surface area contributed by atoms with Gasteiger partial charge in [0, 0.05) is 0 Å². The minimum absolute atomic E-state index is 0.0329. The number of alkyl halides is 3. The average Bonchev–Trinajstić information content (AvgIpc) is 2.40. The predicted octanol–water partition coefficient (Wildman–Crippen LogP) is 2.73. The van der Waals surface area contributed by atoms with Gasteiger partial charge >= 0.3 is 12.1 Å². The highest BCUT2D eigenvalue weighted by atomic mass is 35.5.